The molecule has 0 unspecified atom stereocenters. The Hall–Kier alpha value is -1.11. The molecular formula is C18H19NO2S3. The summed E-state index contributed by atoms with van der Waals surface area (Å²) in [4.78, 5) is 0.359. The fourth-order valence-corrected chi connectivity index (χ4v) is 7.17. The highest BCUT2D eigenvalue weighted by molar-refractivity contribution is 8.19. The fourth-order valence-electron chi connectivity index (χ4n) is 3.23. The summed E-state index contributed by atoms with van der Waals surface area (Å²) in [6.07, 6.45) is 3.15. The van der Waals surface area contributed by atoms with Crippen LogP contribution in [0.3, 0.4) is 0 Å². The summed E-state index contributed by atoms with van der Waals surface area (Å²) in [7, 11) is -3.54. The van der Waals surface area contributed by atoms with Gasteiger partial charge in [0.2, 0.25) is 0 Å². The molecule has 126 valence electrons. The molecule has 1 saturated heterocycles. The number of anilines is 1. The molecule has 2 aromatic rings. The smallest absolute Gasteiger partial charge is 0.261 e. The summed E-state index contributed by atoms with van der Waals surface area (Å²) in [6.45, 7) is 0. The molecule has 4 rings (SSSR count). The van der Waals surface area contributed by atoms with Gasteiger partial charge in [-0.1, -0.05) is 18.2 Å². The molecule has 24 heavy (non-hydrogen) atoms. The number of rotatable bonds is 4. The van der Waals surface area contributed by atoms with E-state index < -0.39 is 10.0 Å². The van der Waals surface area contributed by atoms with Gasteiger partial charge < -0.3 is 0 Å². The van der Waals surface area contributed by atoms with Crippen molar-refractivity contribution in [3.63, 3.8) is 0 Å². The molecule has 1 aliphatic carbocycles. The lowest BCUT2D eigenvalue weighted by Gasteiger charge is -2.13. The molecular weight excluding hydrogens is 358 g/mol. The highest BCUT2D eigenvalue weighted by atomic mass is 32.2. The number of aryl methyl sites for hydroxylation is 2. The Balaban J connectivity index is 1.58. The Labute approximate surface area is 151 Å². The number of fused-ring (bicyclic) bond motifs is 1. The number of benzene rings is 2. The lowest BCUT2D eigenvalue weighted by Crippen LogP contribution is -2.13. The van der Waals surface area contributed by atoms with Crippen molar-refractivity contribution in [1.82, 2.24) is 0 Å². The van der Waals surface area contributed by atoms with E-state index in [2.05, 4.69) is 10.8 Å². The zero-order chi connectivity index (χ0) is 16.6. The molecule has 1 aliphatic heterocycles. The number of hydrogen-bond acceptors (Lipinski definition) is 4. The first-order valence-electron chi connectivity index (χ1n) is 8.10. The van der Waals surface area contributed by atoms with Crippen LogP contribution in [0.25, 0.3) is 0 Å². The van der Waals surface area contributed by atoms with E-state index in [9.17, 15) is 8.42 Å². The molecule has 2 aliphatic rings. The maximum atomic E-state index is 12.7. The average Bonchev–Trinajstić information content (AvgIpc) is 3.25. The van der Waals surface area contributed by atoms with Crippen molar-refractivity contribution in [1.29, 1.82) is 0 Å². The molecule has 0 radical (unpaired) electrons. The van der Waals surface area contributed by atoms with E-state index in [4.69, 9.17) is 0 Å². The van der Waals surface area contributed by atoms with Crippen molar-refractivity contribution in [3.8, 4) is 0 Å². The van der Waals surface area contributed by atoms with Crippen molar-refractivity contribution < 1.29 is 8.42 Å². The molecule has 0 aromatic heterocycles. The first-order chi connectivity index (χ1) is 11.6. The fraction of sp³-hybridized carbons (Fsp3) is 0.333. The molecule has 0 bridgehead atoms. The third-order valence-corrected chi connectivity index (χ3v) is 8.90. The van der Waals surface area contributed by atoms with Crippen LogP contribution < -0.4 is 4.72 Å². The molecule has 6 heteroatoms. The third kappa shape index (κ3) is 3.32. The molecule has 0 saturated carbocycles. The predicted molar refractivity (Wildman–Crippen MR) is 103 cm³/mol. The second-order valence-corrected chi connectivity index (χ2v) is 10.5. The van der Waals surface area contributed by atoms with Gasteiger partial charge in [-0.15, -0.1) is 23.5 Å². The van der Waals surface area contributed by atoms with Crippen LogP contribution in [0.2, 0.25) is 0 Å². The van der Waals surface area contributed by atoms with Crippen LogP contribution in [-0.4, -0.2) is 19.9 Å². The van der Waals surface area contributed by atoms with Crippen LogP contribution in [0.5, 0.6) is 0 Å². The van der Waals surface area contributed by atoms with Gasteiger partial charge in [0.05, 0.1) is 9.48 Å². The monoisotopic (exact) mass is 377 g/mol. The van der Waals surface area contributed by atoms with Gasteiger partial charge in [-0.25, -0.2) is 8.42 Å². The number of sulfonamides is 1. The zero-order valence-electron chi connectivity index (χ0n) is 13.2. The summed E-state index contributed by atoms with van der Waals surface area (Å²) < 4.78 is 28.6. The predicted octanol–water partition coefficient (Wildman–Crippen LogP) is 4.45. The minimum Gasteiger partial charge on any atom is -0.280 e. The molecule has 1 fully saturated rings. The summed E-state index contributed by atoms with van der Waals surface area (Å²) >= 11 is 3.84. The van der Waals surface area contributed by atoms with Gasteiger partial charge >= 0.3 is 0 Å². The largest absolute Gasteiger partial charge is 0.280 e. The second-order valence-electron chi connectivity index (χ2n) is 6.09. The van der Waals surface area contributed by atoms with Gasteiger partial charge in [-0.2, -0.15) is 0 Å². The lowest BCUT2D eigenvalue weighted by molar-refractivity contribution is 0.601. The molecule has 1 heterocycles. The molecule has 3 nitrogen and oxygen atoms in total. The minimum absolute atomic E-state index is 0.359. The Morgan fingerprint density at radius 1 is 0.958 bits per heavy atom. The highest BCUT2D eigenvalue weighted by Crippen LogP contribution is 2.45. The number of nitrogens with one attached hydrogen (secondary N) is 1. The van der Waals surface area contributed by atoms with E-state index >= 15 is 0 Å². The summed E-state index contributed by atoms with van der Waals surface area (Å²) in [5, 5.41) is 0. The van der Waals surface area contributed by atoms with Crippen molar-refractivity contribution in [2.24, 2.45) is 0 Å². The summed E-state index contributed by atoms with van der Waals surface area (Å²) in [5.41, 5.74) is 4.27. The Morgan fingerprint density at radius 2 is 1.75 bits per heavy atom. The average molecular weight is 378 g/mol. The van der Waals surface area contributed by atoms with Crippen LogP contribution >= 0.6 is 23.5 Å². The molecule has 0 atom stereocenters. The maximum Gasteiger partial charge on any atom is 0.261 e. The first kappa shape index (κ1) is 16.4. The topological polar surface area (TPSA) is 46.2 Å². The van der Waals surface area contributed by atoms with E-state index in [0.29, 0.717) is 15.2 Å². The van der Waals surface area contributed by atoms with Crippen LogP contribution in [0.4, 0.5) is 5.69 Å². The van der Waals surface area contributed by atoms with Gasteiger partial charge in [-0.05, 0) is 60.2 Å². The number of thioether (sulfide) groups is 2. The van der Waals surface area contributed by atoms with E-state index in [0.717, 1.165) is 30.8 Å². The van der Waals surface area contributed by atoms with E-state index in [1.54, 1.807) is 6.07 Å². The van der Waals surface area contributed by atoms with E-state index in [1.807, 2.05) is 53.9 Å². The van der Waals surface area contributed by atoms with Crippen LogP contribution in [0.1, 0.15) is 27.7 Å². The van der Waals surface area contributed by atoms with Gasteiger partial charge in [-0.3, -0.25) is 4.72 Å². The van der Waals surface area contributed by atoms with Crippen molar-refractivity contribution in [2.45, 2.75) is 28.7 Å². The van der Waals surface area contributed by atoms with Gasteiger partial charge in [0.15, 0.2) is 0 Å². The Bertz CT molecular complexity index is 858. The van der Waals surface area contributed by atoms with Crippen LogP contribution in [-0.2, 0) is 22.9 Å². The first-order valence-corrected chi connectivity index (χ1v) is 11.7. The molecule has 2 aromatic carbocycles. The van der Waals surface area contributed by atoms with Crippen LogP contribution in [0, 0.1) is 0 Å². The van der Waals surface area contributed by atoms with Gasteiger partial charge in [0.25, 0.3) is 10.0 Å². The maximum absolute atomic E-state index is 12.7. The molecule has 0 amide bonds. The Morgan fingerprint density at radius 3 is 2.58 bits per heavy atom. The summed E-state index contributed by atoms with van der Waals surface area (Å²) in [6, 6.07) is 13.3. The van der Waals surface area contributed by atoms with E-state index in [-0.39, 0.29) is 0 Å². The van der Waals surface area contributed by atoms with E-state index in [1.165, 1.54) is 16.7 Å². The molecule has 1 N–H and O–H groups in total. The van der Waals surface area contributed by atoms with Crippen LogP contribution in [0.15, 0.2) is 47.4 Å². The van der Waals surface area contributed by atoms with Gasteiger partial charge in [0, 0.05) is 17.2 Å². The number of hydrogen-bond donors (Lipinski definition) is 1. The lowest BCUT2D eigenvalue weighted by atomic mass is 10.1. The minimum atomic E-state index is -3.54. The SMILES string of the molecule is O=S(=O)(Nc1cccc(C2SCCS2)c1)c1ccc2c(c1)CCC2. The van der Waals surface area contributed by atoms with Crippen molar-refractivity contribution in [2.75, 3.05) is 16.2 Å². The highest BCUT2D eigenvalue weighted by Gasteiger charge is 2.21. The second kappa shape index (κ2) is 6.65. The van der Waals surface area contributed by atoms with Crippen molar-refractivity contribution in [3.05, 3.63) is 59.2 Å². The third-order valence-electron chi connectivity index (χ3n) is 4.41. The standard InChI is InChI=1S/C18H19NO2S3/c20-24(21,17-8-7-13-3-1-4-14(13)12-17)19-16-6-2-5-15(11-16)18-22-9-10-23-18/h2,5-8,11-12,18-19H,1,3-4,9-10H2. The molecule has 0 spiro atoms. The Kier molecular flexibility index (Phi) is 4.54. The normalized spacial score (nSPS) is 17.8. The van der Waals surface area contributed by atoms with Gasteiger partial charge in [0.1, 0.15) is 0 Å². The zero-order valence-corrected chi connectivity index (χ0v) is 15.6. The quantitative estimate of drug-likeness (QED) is 0.855. The van der Waals surface area contributed by atoms with Crippen molar-refractivity contribution >= 4 is 39.2 Å². The summed E-state index contributed by atoms with van der Waals surface area (Å²) in [5.74, 6) is 2.31.